The third kappa shape index (κ3) is 8.38. The van der Waals surface area contributed by atoms with Gasteiger partial charge in [-0.05, 0) is 63.1 Å². The van der Waals surface area contributed by atoms with Crippen LogP contribution in [0.1, 0.15) is 34.8 Å². The van der Waals surface area contributed by atoms with Gasteiger partial charge in [-0.25, -0.2) is 4.79 Å². The summed E-state index contributed by atoms with van der Waals surface area (Å²) in [7, 11) is 0. The van der Waals surface area contributed by atoms with E-state index < -0.39 is 6.16 Å². The van der Waals surface area contributed by atoms with Crippen molar-refractivity contribution >= 4 is 18.0 Å². The van der Waals surface area contributed by atoms with Gasteiger partial charge in [0.05, 0.1) is 6.61 Å². The molecule has 0 aromatic heterocycles. The standard InChI is InChI=1S/C23H28N2O6/c1-4-29-23(28)31-19-9-7-18(8-10-19)22(27)25-13-5-12-24-21(26)15-30-20-11-6-16(2)14-17(20)3/h6-11,14H,4-5,12-13,15H2,1-3H3,(H,24,26)(H,25,27). The largest absolute Gasteiger partial charge is 0.513 e. The Hall–Kier alpha value is -3.55. The minimum atomic E-state index is -0.791. The lowest BCUT2D eigenvalue weighted by Gasteiger charge is -2.10. The average molecular weight is 428 g/mol. The van der Waals surface area contributed by atoms with Crippen LogP contribution >= 0.6 is 0 Å². The van der Waals surface area contributed by atoms with Crippen molar-refractivity contribution in [1.82, 2.24) is 10.6 Å². The van der Waals surface area contributed by atoms with E-state index in [1.165, 1.54) is 12.1 Å². The van der Waals surface area contributed by atoms with Gasteiger partial charge in [-0.3, -0.25) is 9.59 Å². The number of carbonyl (C=O) groups excluding carboxylic acids is 3. The molecule has 0 radical (unpaired) electrons. The fourth-order valence-electron chi connectivity index (χ4n) is 2.69. The third-order valence-corrected chi connectivity index (χ3v) is 4.23. The molecule has 2 aromatic carbocycles. The number of nitrogens with one attached hydrogen (secondary N) is 2. The van der Waals surface area contributed by atoms with E-state index in [0.29, 0.717) is 36.6 Å². The van der Waals surface area contributed by atoms with Crippen molar-refractivity contribution in [2.24, 2.45) is 0 Å². The fourth-order valence-corrected chi connectivity index (χ4v) is 2.69. The minimum Gasteiger partial charge on any atom is -0.484 e. The first-order chi connectivity index (χ1) is 14.9. The first-order valence-corrected chi connectivity index (χ1v) is 10.1. The van der Waals surface area contributed by atoms with Crippen LogP contribution < -0.4 is 20.1 Å². The van der Waals surface area contributed by atoms with E-state index in [2.05, 4.69) is 15.4 Å². The molecule has 0 fully saturated rings. The molecule has 0 aliphatic carbocycles. The zero-order valence-electron chi connectivity index (χ0n) is 18.0. The van der Waals surface area contributed by atoms with Crippen molar-refractivity contribution in [2.75, 3.05) is 26.3 Å². The van der Waals surface area contributed by atoms with Gasteiger partial charge in [0.25, 0.3) is 11.8 Å². The second-order valence-electron chi connectivity index (χ2n) is 6.83. The van der Waals surface area contributed by atoms with Crippen molar-refractivity contribution in [3.05, 3.63) is 59.2 Å². The molecule has 2 N–H and O–H groups in total. The summed E-state index contributed by atoms with van der Waals surface area (Å²) >= 11 is 0. The van der Waals surface area contributed by atoms with Crippen LogP contribution in [0.2, 0.25) is 0 Å². The highest BCUT2D eigenvalue weighted by Crippen LogP contribution is 2.18. The van der Waals surface area contributed by atoms with Crippen molar-refractivity contribution in [3.8, 4) is 11.5 Å². The molecule has 0 unspecified atom stereocenters. The fraction of sp³-hybridized carbons (Fsp3) is 0.348. The van der Waals surface area contributed by atoms with Gasteiger partial charge in [0.15, 0.2) is 6.61 Å². The normalized spacial score (nSPS) is 10.2. The number of hydrogen-bond acceptors (Lipinski definition) is 6. The van der Waals surface area contributed by atoms with Crippen LogP contribution in [0, 0.1) is 13.8 Å². The van der Waals surface area contributed by atoms with Gasteiger partial charge in [-0.1, -0.05) is 17.7 Å². The van der Waals surface area contributed by atoms with E-state index in [1.807, 2.05) is 32.0 Å². The SMILES string of the molecule is CCOC(=O)Oc1ccc(C(=O)NCCCNC(=O)COc2ccc(C)cc2C)cc1. The molecule has 0 atom stereocenters. The molecule has 0 bridgehead atoms. The lowest BCUT2D eigenvalue weighted by Crippen LogP contribution is -2.32. The number of hydrogen-bond donors (Lipinski definition) is 2. The molecule has 2 rings (SSSR count). The zero-order valence-corrected chi connectivity index (χ0v) is 18.0. The van der Waals surface area contributed by atoms with Crippen molar-refractivity contribution in [3.63, 3.8) is 0 Å². The van der Waals surface area contributed by atoms with Gasteiger partial charge in [0.2, 0.25) is 0 Å². The Labute approximate surface area is 181 Å². The number of benzene rings is 2. The van der Waals surface area contributed by atoms with Crippen LogP contribution in [0.4, 0.5) is 4.79 Å². The summed E-state index contributed by atoms with van der Waals surface area (Å²) < 4.78 is 15.2. The first-order valence-electron chi connectivity index (χ1n) is 10.1. The van der Waals surface area contributed by atoms with Crippen LogP contribution in [0.5, 0.6) is 11.5 Å². The Bertz CT molecular complexity index is 895. The lowest BCUT2D eigenvalue weighted by atomic mass is 10.1. The number of amides is 2. The lowest BCUT2D eigenvalue weighted by molar-refractivity contribution is -0.123. The molecule has 0 aliphatic rings. The Morgan fingerprint density at radius 3 is 2.32 bits per heavy atom. The van der Waals surface area contributed by atoms with Gasteiger partial charge in [0.1, 0.15) is 11.5 Å². The Balaban J connectivity index is 1.62. The van der Waals surface area contributed by atoms with E-state index >= 15 is 0 Å². The molecule has 0 saturated carbocycles. The summed E-state index contributed by atoms with van der Waals surface area (Å²) in [4.78, 5) is 35.3. The molecule has 0 heterocycles. The number of rotatable bonds is 10. The van der Waals surface area contributed by atoms with Crippen LogP contribution in [0.25, 0.3) is 0 Å². The van der Waals surface area contributed by atoms with E-state index in [1.54, 1.807) is 19.1 Å². The van der Waals surface area contributed by atoms with Crippen molar-refractivity contribution in [2.45, 2.75) is 27.2 Å². The molecular formula is C23H28N2O6. The predicted molar refractivity (Wildman–Crippen MR) is 115 cm³/mol. The summed E-state index contributed by atoms with van der Waals surface area (Å²) in [5.41, 5.74) is 2.55. The second-order valence-corrected chi connectivity index (χ2v) is 6.83. The summed E-state index contributed by atoms with van der Waals surface area (Å²) in [6.07, 6.45) is -0.216. The summed E-state index contributed by atoms with van der Waals surface area (Å²) in [5, 5.41) is 5.53. The maximum Gasteiger partial charge on any atom is 0.513 e. The molecule has 2 aromatic rings. The maximum atomic E-state index is 12.1. The van der Waals surface area contributed by atoms with Crippen LogP contribution in [-0.2, 0) is 9.53 Å². The van der Waals surface area contributed by atoms with Gasteiger partial charge in [-0.15, -0.1) is 0 Å². The van der Waals surface area contributed by atoms with Gasteiger partial charge in [-0.2, -0.15) is 0 Å². The van der Waals surface area contributed by atoms with Gasteiger partial charge in [0, 0.05) is 18.7 Å². The first kappa shape index (κ1) is 23.7. The predicted octanol–water partition coefficient (Wildman–Crippen LogP) is 3.15. The molecule has 31 heavy (non-hydrogen) atoms. The van der Waals surface area contributed by atoms with E-state index in [-0.39, 0.29) is 25.0 Å². The summed E-state index contributed by atoms with van der Waals surface area (Å²) in [6, 6.07) is 11.9. The topological polar surface area (TPSA) is 103 Å². The highest BCUT2D eigenvalue weighted by atomic mass is 16.7. The summed E-state index contributed by atoms with van der Waals surface area (Å²) in [5.74, 6) is 0.503. The molecule has 8 nitrogen and oxygen atoms in total. The molecule has 0 saturated heterocycles. The van der Waals surface area contributed by atoms with Crippen LogP contribution in [0.3, 0.4) is 0 Å². The van der Waals surface area contributed by atoms with Crippen LogP contribution in [0.15, 0.2) is 42.5 Å². The zero-order chi connectivity index (χ0) is 22.6. The Morgan fingerprint density at radius 1 is 0.935 bits per heavy atom. The Kier molecular flexibility index (Phi) is 9.35. The quantitative estimate of drug-likeness (QED) is 0.342. The molecule has 0 spiro atoms. The minimum absolute atomic E-state index is 0.0590. The molecule has 166 valence electrons. The number of aryl methyl sites for hydroxylation is 2. The summed E-state index contributed by atoms with van der Waals surface area (Å²) in [6.45, 7) is 6.59. The average Bonchev–Trinajstić information content (AvgIpc) is 2.73. The highest BCUT2D eigenvalue weighted by molar-refractivity contribution is 5.94. The molecule has 2 amide bonds. The van der Waals surface area contributed by atoms with E-state index in [9.17, 15) is 14.4 Å². The van der Waals surface area contributed by atoms with Crippen LogP contribution in [-0.4, -0.2) is 44.3 Å². The van der Waals surface area contributed by atoms with E-state index in [0.717, 1.165) is 11.1 Å². The maximum absolute atomic E-state index is 12.1. The second kappa shape index (κ2) is 12.2. The molecular weight excluding hydrogens is 400 g/mol. The van der Waals surface area contributed by atoms with E-state index in [4.69, 9.17) is 9.47 Å². The van der Waals surface area contributed by atoms with Gasteiger partial charge >= 0.3 is 6.16 Å². The van der Waals surface area contributed by atoms with Crippen molar-refractivity contribution in [1.29, 1.82) is 0 Å². The Morgan fingerprint density at radius 2 is 1.65 bits per heavy atom. The van der Waals surface area contributed by atoms with Crippen molar-refractivity contribution < 1.29 is 28.6 Å². The smallest absolute Gasteiger partial charge is 0.484 e. The monoisotopic (exact) mass is 428 g/mol. The number of ether oxygens (including phenoxy) is 3. The molecule has 8 heteroatoms. The van der Waals surface area contributed by atoms with Gasteiger partial charge < -0.3 is 24.8 Å². The highest BCUT2D eigenvalue weighted by Gasteiger charge is 2.09. The third-order valence-electron chi connectivity index (χ3n) is 4.23. The number of carbonyl (C=O) groups is 3. The molecule has 0 aliphatic heterocycles.